The summed E-state index contributed by atoms with van der Waals surface area (Å²) in [6.07, 6.45) is 3.28. The largest absolute Gasteiger partial charge is 0.376 e. The second-order valence-electron chi connectivity index (χ2n) is 2.75. The second-order valence-corrected chi connectivity index (χ2v) is 4.86. The summed E-state index contributed by atoms with van der Waals surface area (Å²) in [6, 6.07) is 3.69. The number of aromatic nitrogens is 2. The van der Waals surface area contributed by atoms with Gasteiger partial charge in [0.1, 0.15) is 9.34 Å². The summed E-state index contributed by atoms with van der Waals surface area (Å²) >= 11 is 13.1. The van der Waals surface area contributed by atoms with Gasteiger partial charge in [-0.2, -0.15) is 0 Å². The van der Waals surface area contributed by atoms with E-state index in [-0.39, 0.29) is 0 Å². The van der Waals surface area contributed by atoms with Crippen LogP contribution >= 0.6 is 34.5 Å². The molecule has 0 fully saturated rings. The third-order valence-corrected chi connectivity index (χ3v) is 3.13. The summed E-state index contributed by atoms with van der Waals surface area (Å²) in [4.78, 5) is 8.08. The fourth-order valence-corrected chi connectivity index (χ4v) is 2.14. The number of hydrogen-bond acceptors (Lipinski definition) is 4. The lowest BCUT2D eigenvalue weighted by atomic mass is 10.4. The van der Waals surface area contributed by atoms with Crippen molar-refractivity contribution in [3.63, 3.8) is 0 Å². The van der Waals surface area contributed by atoms with E-state index in [1.807, 2.05) is 12.1 Å². The first-order valence-corrected chi connectivity index (χ1v) is 5.77. The highest BCUT2D eigenvalue weighted by Gasteiger charge is 2.02. The van der Waals surface area contributed by atoms with E-state index in [0.29, 0.717) is 16.0 Å². The Balaban J connectivity index is 2.02. The van der Waals surface area contributed by atoms with Crippen LogP contribution in [0.2, 0.25) is 9.49 Å². The van der Waals surface area contributed by atoms with Gasteiger partial charge in [0.05, 0.1) is 18.4 Å². The molecule has 1 N–H and O–H groups in total. The zero-order valence-electron chi connectivity index (χ0n) is 7.58. The maximum Gasteiger partial charge on any atom is 0.152 e. The van der Waals surface area contributed by atoms with Crippen molar-refractivity contribution < 1.29 is 0 Å². The Labute approximate surface area is 101 Å². The van der Waals surface area contributed by atoms with Crippen LogP contribution in [0, 0.1) is 0 Å². The van der Waals surface area contributed by atoms with Gasteiger partial charge in [-0.25, -0.2) is 9.97 Å². The van der Waals surface area contributed by atoms with Crippen LogP contribution in [-0.2, 0) is 6.54 Å². The van der Waals surface area contributed by atoms with Crippen molar-refractivity contribution >= 4 is 40.2 Å². The lowest BCUT2D eigenvalue weighted by molar-refractivity contribution is 1.10. The molecule has 0 aliphatic carbocycles. The second kappa shape index (κ2) is 4.79. The third kappa shape index (κ3) is 2.81. The molecule has 0 aromatic carbocycles. The molecule has 2 aromatic rings. The first kappa shape index (κ1) is 10.7. The Kier molecular flexibility index (Phi) is 3.41. The van der Waals surface area contributed by atoms with Gasteiger partial charge in [-0.3, -0.25) is 0 Å². The molecule has 78 valence electrons. The van der Waals surface area contributed by atoms with Gasteiger partial charge in [0.15, 0.2) is 5.15 Å². The van der Waals surface area contributed by atoms with E-state index in [2.05, 4.69) is 15.3 Å². The molecule has 0 amide bonds. The van der Waals surface area contributed by atoms with E-state index in [4.69, 9.17) is 23.2 Å². The maximum atomic E-state index is 5.88. The molecular weight excluding hydrogens is 253 g/mol. The molecule has 2 aromatic heterocycles. The molecule has 2 heterocycles. The van der Waals surface area contributed by atoms with Crippen molar-refractivity contribution in [2.24, 2.45) is 0 Å². The molecular formula is C9H7Cl2N3S. The van der Waals surface area contributed by atoms with Gasteiger partial charge in [-0.15, -0.1) is 11.3 Å². The SMILES string of the molecule is Clc1cnc(CNc2cccnc2Cl)s1. The molecule has 0 aliphatic heterocycles. The summed E-state index contributed by atoms with van der Waals surface area (Å²) in [5.74, 6) is 0. The topological polar surface area (TPSA) is 37.8 Å². The summed E-state index contributed by atoms with van der Waals surface area (Å²) in [6.45, 7) is 0.600. The number of hydrogen-bond donors (Lipinski definition) is 1. The van der Waals surface area contributed by atoms with Gasteiger partial charge in [-0.05, 0) is 12.1 Å². The minimum atomic E-state index is 0.458. The molecule has 0 spiro atoms. The van der Waals surface area contributed by atoms with E-state index in [0.717, 1.165) is 10.7 Å². The minimum absolute atomic E-state index is 0.458. The highest BCUT2D eigenvalue weighted by Crippen LogP contribution is 2.21. The number of thiazole rings is 1. The number of nitrogens with zero attached hydrogens (tertiary/aromatic N) is 2. The fraction of sp³-hybridized carbons (Fsp3) is 0.111. The Hall–Kier alpha value is -0.840. The van der Waals surface area contributed by atoms with Crippen molar-refractivity contribution in [2.75, 3.05) is 5.32 Å². The van der Waals surface area contributed by atoms with Crippen molar-refractivity contribution in [1.29, 1.82) is 0 Å². The van der Waals surface area contributed by atoms with E-state index in [9.17, 15) is 0 Å². The van der Waals surface area contributed by atoms with Crippen LogP contribution in [-0.4, -0.2) is 9.97 Å². The summed E-state index contributed by atoms with van der Waals surface area (Å²) in [7, 11) is 0. The highest BCUT2D eigenvalue weighted by molar-refractivity contribution is 7.15. The molecule has 0 aliphatic rings. The number of halogens is 2. The molecule has 0 saturated heterocycles. The molecule has 0 bridgehead atoms. The van der Waals surface area contributed by atoms with Gasteiger partial charge in [0.25, 0.3) is 0 Å². The Bertz CT molecular complexity index is 458. The number of pyridine rings is 1. The van der Waals surface area contributed by atoms with Crippen LogP contribution in [0.3, 0.4) is 0 Å². The van der Waals surface area contributed by atoms with Gasteiger partial charge in [0, 0.05) is 6.20 Å². The molecule has 3 nitrogen and oxygen atoms in total. The van der Waals surface area contributed by atoms with Crippen LogP contribution in [0.5, 0.6) is 0 Å². The first-order valence-electron chi connectivity index (χ1n) is 4.20. The van der Waals surface area contributed by atoms with Crippen LogP contribution in [0.1, 0.15) is 5.01 Å². The molecule has 6 heteroatoms. The van der Waals surface area contributed by atoms with E-state index >= 15 is 0 Å². The van der Waals surface area contributed by atoms with Crippen LogP contribution in [0.15, 0.2) is 24.5 Å². The zero-order valence-corrected chi connectivity index (χ0v) is 9.90. The summed E-state index contributed by atoms with van der Waals surface area (Å²) in [5, 5.41) is 4.51. The van der Waals surface area contributed by atoms with Gasteiger partial charge in [-0.1, -0.05) is 23.2 Å². The van der Waals surface area contributed by atoms with E-state index < -0.39 is 0 Å². The average Bonchev–Trinajstić information content (AvgIpc) is 2.63. The smallest absolute Gasteiger partial charge is 0.152 e. The maximum absolute atomic E-state index is 5.88. The van der Waals surface area contributed by atoms with Crippen LogP contribution in [0.25, 0.3) is 0 Å². The molecule has 0 unspecified atom stereocenters. The normalized spacial score (nSPS) is 10.3. The van der Waals surface area contributed by atoms with Crippen molar-refractivity contribution in [3.05, 3.63) is 39.0 Å². The highest BCUT2D eigenvalue weighted by atomic mass is 35.5. The molecule has 0 saturated carbocycles. The zero-order chi connectivity index (χ0) is 10.7. The molecule has 0 atom stereocenters. The van der Waals surface area contributed by atoms with Gasteiger partial charge < -0.3 is 5.32 Å². The lowest BCUT2D eigenvalue weighted by Crippen LogP contribution is -1.99. The minimum Gasteiger partial charge on any atom is -0.376 e. The Morgan fingerprint density at radius 1 is 1.33 bits per heavy atom. The van der Waals surface area contributed by atoms with Gasteiger partial charge >= 0.3 is 0 Å². The van der Waals surface area contributed by atoms with Crippen LogP contribution in [0.4, 0.5) is 5.69 Å². The fourth-order valence-electron chi connectivity index (χ4n) is 1.06. The molecule has 0 radical (unpaired) electrons. The lowest BCUT2D eigenvalue weighted by Gasteiger charge is -2.04. The standard InChI is InChI=1S/C9H7Cl2N3S/c10-7-4-14-8(15-7)5-13-6-2-1-3-12-9(6)11/h1-4,13H,5H2. The Morgan fingerprint density at radius 3 is 2.87 bits per heavy atom. The molecule has 2 rings (SSSR count). The van der Waals surface area contributed by atoms with Crippen LogP contribution < -0.4 is 5.32 Å². The predicted octanol–water partition coefficient (Wildman–Crippen LogP) is 3.46. The monoisotopic (exact) mass is 259 g/mol. The predicted molar refractivity (Wildman–Crippen MR) is 63.7 cm³/mol. The quantitative estimate of drug-likeness (QED) is 0.859. The van der Waals surface area contributed by atoms with E-state index in [1.165, 1.54) is 11.3 Å². The number of anilines is 1. The van der Waals surface area contributed by atoms with Crippen molar-refractivity contribution in [2.45, 2.75) is 6.54 Å². The van der Waals surface area contributed by atoms with Crippen molar-refractivity contribution in [1.82, 2.24) is 9.97 Å². The number of rotatable bonds is 3. The summed E-state index contributed by atoms with van der Waals surface area (Å²) < 4.78 is 0.684. The van der Waals surface area contributed by atoms with E-state index in [1.54, 1.807) is 12.4 Å². The van der Waals surface area contributed by atoms with Gasteiger partial charge in [0.2, 0.25) is 0 Å². The Morgan fingerprint density at radius 2 is 2.20 bits per heavy atom. The number of nitrogens with one attached hydrogen (secondary N) is 1. The average molecular weight is 260 g/mol. The third-order valence-electron chi connectivity index (χ3n) is 1.71. The summed E-state index contributed by atoms with van der Waals surface area (Å²) in [5.41, 5.74) is 0.797. The first-order chi connectivity index (χ1) is 7.25. The van der Waals surface area contributed by atoms with Crippen molar-refractivity contribution in [3.8, 4) is 0 Å². The molecule has 15 heavy (non-hydrogen) atoms.